The summed E-state index contributed by atoms with van der Waals surface area (Å²) < 4.78 is 13.3. The molecule has 0 unspecified atom stereocenters. The summed E-state index contributed by atoms with van der Waals surface area (Å²) in [5, 5.41) is 4.41. The van der Waals surface area contributed by atoms with Crippen molar-refractivity contribution in [1.82, 2.24) is 0 Å². The van der Waals surface area contributed by atoms with Gasteiger partial charge in [-0.15, -0.1) is 0 Å². The van der Waals surface area contributed by atoms with Gasteiger partial charge in [-0.1, -0.05) is 170 Å². The predicted molar refractivity (Wildman–Crippen MR) is 283 cm³/mol. The fraction of sp³-hybridized carbons (Fsp3) is 0. The molecular formula is C64H44N2O2. The summed E-state index contributed by atoms with van der Waals surface area (Å²) in [5.41, 5.74) is 12.9. The molecule has 0 aliphatic heterocycles. The predicted octanol–water partition coefficient (Wildman–Crippen LogP) is 18.5. The van der Waals surface area contributed by atoms with E-state index in [4.69, 9.17) is 8.83 Å². The first-order valence-electron chi connectivity index (χ1n) is 23.0. The summed E-state index contributed by atoms with van der Waals surface area (Å²) in [7, 11) is 0. The lowest BCUT2D eigenvalue weighted by Gasteiger charge is -2.26. The second-order valence-electron chi connectivity index (χ2n) is 16.9. The van der Waals surface area contributed by atoms with Crippen molar-refractivity contribution in [2.24, 2.45) is 0 Å². The number of furan rings is 2. The molecule has 68 heavy (non-hydrogen) atoms. The lowest BCUT2D eigenvalue weighted by molar-refractivity contribution is 0.601. The van der Waals surface area contributed by atoms with Crippen molar-refractivity contribution in [3.05, 3.63) is 267 Å². The maximum absolute atomic E-state index is 6.65. The Morgan fingerprint density at radius 1 is 0.176 bits per heavy atom. The standard InChI is InChI=1S/C64H44N2O2/c1-5-17-47(18-6-1)61-57-25-13-15-27-59(57)63(67-61)49-33-41-55(42-34-49)65(51-21-9-3-10-22-51)53-37-29-45(30-38-53)46-31-39-54(40-32-46)66(52-23-11-4-12-24-52)56-43-35-50(36-44-56)64-60-28-16-14-26-58(60)62(68-64)48-19-7-2-8-20-48/h1-44H. The van der Waals surface area contributed by atoms with E-state index >= 15 is 0 Å². The van der Waals surface area contributed by atoms with Gasteiger partial charge in [-0.2, -0.15) is 0 Å². The summed E-state index contributed by atoms with van der Waals surface area (Å²) in [6.07, 6.45) is 0. The van der Waals surface area contributed by atoms with Gasteiger partial charge in [-0.05, 0) is 108 Å². The van der Waals surface area contributed by atoms with Gasteiger partial charge in [0.1, 0.15) is 23.0 Å². The van der Waals surface area contributed by atoms with Crippen molar-refractivity contribution in [2.45, 2.75) is 0 Å². The minimum absolute atomic E-state index is 0.870. The second-order valence-corrected chi connectivity index (χ2v) is 16.9. The van der Waals surface area contributed by atoms with Crippen molar-refractivity contribution < 1.29 is 8.83 Å². The van der Waals surface area contributed by atoms with Crippen LogP contribution in [0.5, 0.6) is 0 Å². The molecule has 12 aromatic rings. The van der Waals surface area contributed by atoms with Gasteiger partial charge in [0, 0.05) is 77.9 Å². The highest BCUT2D eigenvalue weighted by molar-refractivity contribution is 6.04. The number of benzene rings is 10. The zero-order valence-corrected chi connectivity index (χ0v) is 37.1. The molecule has 2 aromatic heterocycles. The molecule has 0 fully saturated rings. The van der Waals surface area contributed by atoms with Crippen LogP contribution in [0.25, 0.3) is 78.0 Å². The lowest BCUT2D eigenvalue weighted by Crippen LogP contribution is -2.10. The maximum Gasteiger partial charge on any atom is 0.142 e. The van der Waals surface area contributed by atoms with E-state index in [1.54, 1.807) is 0 Å². The van der Waals surface area contributed by atoms with Gasteiger partial charge in [-0.25, -0.2) is 0 Å². The van der Waals surface area contributed by atoms with Crippen molar-refractivity contribution in [1.29, 1.82) is 0 Å². The Morgan fingerprint density at radius 2 is 0.382 bits per heavy atom. The van der Waals surface area contributed by atoms with Crippen LogP contribution in [0.3, 0.4) is 0 Å². The molecule has 4 heteroatoms. The van der Waals surface area contributed by atoms with Crippen LogP contribution < -0.4 is 9.80 Å². The van der Waals surface area contributed by atoms with E-state index in [-0.39, 0.29) is 0 Å². The van der Waals surface area contributed by atoms with Gasteiger partial charge < -0.3 is 18.6 Å². The van der Waals surface area contributed by atoms with Gasteiger partial charge in [0.05, 0.1) is 0 Å². The second kappa shape index (κ2) is 17.7. The highest BCUT2D eigenvalue weighted by Crippen LogP contribution is 2.44. The first kappa shape index (κ1) is 40.4. The Hall–Kier alpha value is -9.12. The lowest BCUT2D eigenvalue weighted by atomic mass is 10.0. The molecule has 0 radical (unpaired) electrons. The van der Waals surface area contributed by atoms with Gasteiger partial charge >= 0.3 is 0 Å². The van der Waals surface area contributed by atoms with Gasteiger partial charge in [-0.3, -0.25) is 0 Å². The van der Waals surface area contributed by atoms with Crippen molar-refractivity contribution in [2.75, 3.05) is 9.80 Å². The Labute approximate surface area is 395 Å². The van der Waals surface area contributed by atoms with Crippen LogP contribution >= 0.6 is 0 Å². The first-order valence-corrected chi connectivity index (χ1v) is 23.0. The topological polar surface area (TPSA) is 32.8 Å². The normalized spacial score (nSPS) is 11.2. The zero-order valence-electron chi connectivity index (χ0n) is 37.1. The number of nitrogens with zero attached hydrogens (tertiary/aromatic N) is 2. The Kier molecular flexibility index (Phi) is 10.5. The van der Waals surface area contributed by atoms with Crippen molar-refractivity contribution >= 4 is 55.7 Å². The third-order valence-electron chi connectivity index (χ3n) is 12.7. The van der Waals surface area contributed by atoms with Gasteiger partial charge in [0.2, 0.25) is 0 Å². The third-order valence-corrected chi connectivity index (χ3v) is 12.7. The molecular weight excluding hydrogens is 829 g/mol. The Morgan fingerprint density at radius 3 is 0.662 bits per heavy atom. The van der Waals surface area contributed by atoms with Crippen LogP contribution in [-0.2, 0) is 0 Å². The monoisotopic (exact) mass is 872 g/mol. The summed E-state index contributed by atoms with van der Waals surface area (Å²) in [4.78, 5) is 4.59. The van der Waals surface area contributed by atoms with Crippen LogP contribution in [0, 0.1) is 0 Å². The average Bonchev–Trinajstić information content (AvgIpc) is 4.01. The molecule has 0 bridgehead atoms. The number of anilines is 6. The van der Waals surface area contributed by atoms with Crippen LogP contribution in [-0.4, -0.2) is 0 Å². The largest absolute Gasteiger partial charge is 0.455 e. The molecule has 0 atom stereocenters. The van der Waals surface area contributed by atoms with Gasteiger partial charge in [0.25, 0.3) is 0 Å². The molecule has 0 spiro atoms. The Bertz CT molecular complexity index is 3370. The summed E-state index contributed by atoms with van der Waals surface area (Å²) in [6, 6.07) is 93.6. The molecule has 2 heterocycles. The molecule has 12 rings (SSSR count). The van der Waals surface area contributed by atoms with E-state index in [0.717, 1.165) is 112 Å². The minimum atomic E-state index is 0.870. The highest BCUT2D eigenvalue weighted by atomic mass is 16.3. The van der Waals surface area contributed by atoms with E-state index in [1.165, 1.54) is 0 Å². The van der Waals surface area contributed by atoms with E-state index in [1.807, 2.05) is 12.1 Å². The van der Waals surface area contributed by atoms with E-state index in [9.17, 15) is 0 Å². The average molecular weight is 873 g/mol. The zero-order chi connectivity index (χ0) is 45.2. The smallest absolute Gasteiger partial charge is 0.142 e. The van der Waals surface area contributed by atoms with Crippen LogP contribution in [0.2, 0.25) is 0 Å². The number of para-hydroxylation sites is 2. The molecule has 10 aromatic carbocycles. The van der Waals surface area contributed by atoms with Crippen LogP contribution in [0.4, 0.5) is 34.1 Å². The molecule has 0 aliphatic rings. The SMILES string of the molecule is c1ccc(-c2oc(-c3ccc(N(c4ccccc4)c4ccc(-c5ccc(N(c6ccccc6)c6ccc(-c7oc(-c8ccccc8)c8ccccc78)cc6)cc5)cc4)cc3)c3ccccc23)cc1. The van der Waals surface area contributed by atoms with Crippen molar-refractivity contribution in [3.63, 3.8) is 0 Å². The molecule has 322 valence electrons. The summed E-state index contributed by atoms with van der Waals surface area (Å²) in [6.45, 7) is 0. The number of hydrogen-bond acceptors (Lipinski definition) is 4. The molecule has 4 nitrogen and oxygen atoms in total. The van der Waals surface area contributed by atoms with Gasteiger partial charge in [0.15, 0.2) is 0 Å². The van der Waals surface area contributed by atoms with Crippen LogP contribution in [0.15, 0.2) is 276 Å². The molecule has 0 N–H and O–H groups in total. The molecule has 0 amide bonds. The summed E-state index contributed by atoms with van der Waals surface area (Å²) in [5.74, 6) is 3.51. The highest BCUT2D eigenvalue weighted by Gasteiger charge is 2.20. The fourth-order valence-electron chi connectivity index (χ4n) is 9.40. The fourth-order valence-corrected chi connectivity index (χ4v) is 9.40. The summed E-state index contributed by atoms with van der Waals surface area (Å²) >= 11 is 0. The molecule has 0 saturated carbocycles. The first-order chi connectivity index (χ1) is 33.7. The number of rotatable bonds is 11. The third kappa shape index (κ3) is 7.60. The number of hydrogen-bond donors (Lipinski definition) is 0. The molecule has 0 saturated heterocycles. The quantitative estimate of drug-likeness (QED) is 0.130. The van der Waals surface area contributed by atoms with E-state index in [2.05, 4.69) is 265 Å². The Balaban J connectivity index is 0.829. The van der Waals surface area contributed by atoms with E-state index < -0.39 is 0 Å². The van der Waals surface area contributed by atoms with E-state index in [0.29, 0.717) is 0 Å². The number of fused-ring (bicyclic) bond motifs is 2. The van der Waals surface area contributed by atoms with Crippen LogP contribution in [0.1, 0.15) is 0 Å². The molecule has 0 aliphatic carbocycles. The maximum atomic E-state index is 6.65. The minimum Gasteiger partial charge on any atom is -0.455 e. The van der Waals surface area contributed by atoms with Crippen molar-refractivity contribution in [3.8, 4) is 56.4 Å².